The fourth-order valence-corrected chi connectivity index (χ4v) is 4.24. The van der Waals surface area contributed by atoms with Crippen LogP contribution in [0.5, 0.6) is 0 Å². The number of hydrogen-bond acceptors (Lipinski definition) is 5. The van der Waals surface area contributed by atoms with Crippen molar-refractivity contribution in [2.75, 3.05) is 31.6 Å². The van der Waals surface area contributed by atoms with Crippen LogP contribution >= 0.6 is 0 Å². The zero-order chi connectivity index (χ0) is 21.8. The van der Waals surface area contributed by atoms with Gasteiger partial charge < -0.3 is 24.5 Å². The molecule has 1 amide bonds. The van der Waals surface area contributed by atoms with E-state index in [9.17, 15) is 4.79 Å². The highest BCUT2D eigenvalue weighted by Crippen LogP contribution is 2.22. The largest absolute Gasteiger partial charge is 0.418 e. The van der Waals surface area contributed by atoms with Crippen molar-refractivity contribution in [3.8, 4) is 0 Å². The van der Waals surface area contributed by atoms with E-state index in [1.165, 1.54) is 10.9 Å². The lowest BCUT2D eigenvalue weighted by molar-refractivity contribution is 0.0906. The van der Waals surface area contributed by atoms with E-state index in [0.29, 0.717) is 12.1 Å². The average molecular weight is 424 g/mol. The first-order valence-electron chi connectivity index (χ1n) is 11.3. The number of aromatic nitrogens is 2. The molecule has 7 nitrogen and oxygen atoms in total. The number of nitrogens with zero attached hydrogens (tertiary/aromatic N) is 3. The number of oxazole rings is 1. The van der Waals surface area contributed by atoms with Gasteiger partial charge in [-0.2, -0.15) is 0 Å². The first-order chi connectivity index (χ1) is 15.0. The van der Waals surface area contributed by atoms with Gasteiger partial charge in [0.05, 0.1) is 6.20 Å². The topological polar surface area (TPSA) is 77.4 Å². The van der Waals surface area contributed by atoms with Gasteiger partial charge in [0, 0.05) is 48.8 Å². The number of hydrogen-bond donors (Lipinski definition) is 2. The molecule has 0 saturated carbocycles. The van der Waals surface area contributed by atoms with Crippen LogP contribution in [0.3, 0.4) is 0 Å². The summed E-state index contributed by atoms with van der Waals surface area (Å²) in [7, 11) is 2.13. The number of aromatic amines is 1. The van der Waals surface area contributed by atoms with Crippen LogP contribution < -0.4 is 10.2 Å². The van der Waals surface area contributed by atoms with E-state index in [-0.39, 0.29) is 17.7 Å². The highest BCUT2D eigenvalue weighted by atomic mass is 16.4. The SMILES string of the molecule is CCCCC(Cc1c[nH]c2ccccc12)NC(=O)c1cnc(N2CCN(C)C(C)C2)o1. The summed E-state index contributed by atoms with van der Waals surface area (Å²) < 4.78 is 5.86. The molecule has 31 heavy (non-hydrogen) atoms. The van der Waals surface area contributed by atoms with Crippen molar-refractivity contribution in [1.29, 1.82) is 0 Å². The Balaban J connectivity index is 1.43. The summed E-state index contributed by atoms with van der Waals surface area (Å²) in [6.45, 7) is 7.00. The van der Waals surface area contributed by atoms with E-state index in [1.807, 2.05) is 6.07 Å². The van der Waals surface area contributed by atoms with Crippen LogP contribution in [0.25, 0.3) is 10.9 Å². The summed E-state index contributed by atoms with van der Waals surface area (Å²) in [5.74, 6) is 0.0869. The molecule has 7 heteroatoms. The van der Waals surface area contributed by atoms with E-state index in [1.54, 1.807) is 6.20 Å². The zero-order valence-corrected chi connectivity index (χ0v) is 18.7. The maximum atomic E-state index is 12.9. The monoisotopic (exact) mass is 423 g/mol. The molecule has 4 rings (SSSR count). The molecule has 1 aliphatic rings. The Hall–Kier alpha value is -2.80. The first-order valence-corrected chi connectivity index (χ1v) is 11.3. The number of para-hydroxylation sites is 1. The maximum absolute atomic E-state index is 12.9. The van der Waals surface area contributed by atoms with Crippen molar-refractivity contribution >= 4 is 22.8 Å². The van der Waals surface area contributed by atoms with Crippen LogP contribution in [0.1, 0.15) is 49.2 Å². The van der Waals surface area contributed by atoms with Gasteiger partial charge in [0.1, 0.15) is 0 Å². The summed E-state index contributed by atoms with van der Waals surface area (Å²) in [6, 6.07) is 9.28. The van der Waals surface area contributed by atoms with Crippen LogP contribution in [-0.4, -0.2) is 59.5 Å². The predicted molar refractivity (Wildman–Crippen MR) is 124 cm³/mol. The van der Waals surface area contributed by atoms with Gasteiger partial charge in [0.2, 0.25) is 5.76 Å². The third kappa shape index (κ3) is 4.93. The van der Waals surface area contributed by atoms with Crippen LogP contribution in [0.4, 0.5) is 6.01 Å². The second-order valence-corrected chi connectivity index (χ2v) is 8.66. The molecular formula is C24H33N5O2. The van der Waals surface area contributed by atoms with Gasteiger partial charge in [-0.1, -0.05) is 38.0 Å². The van der Waals surface area contributed by atoms with Gasteiger partial charge in [-0.05, 0) is 38.4 Å². The fourth-order valence-electron chi connectivity index (χ4n) is 4.24. The smallest absolute Gasteiger partial charge is 0.298 e. The second kappa shape index (κ2) is 9.56. The van der Waals surface area contributed by atoms with E-state index in [2.05, 4.69) is 70.4 Å². The molecule has 0 spiro atoms. The lowest BCUT2D eigenvalue weighted by atomic mass is 10.0. The number of carbonyl (C=O) groups is 1. The zero-order valence-electron chi connectivity index (χ0n) is 18.7. The lowest BCUT2D eigenvalue weighted by Crippen LogP contribution is -2.50. The Labute approximate surface area is 183 Å². The quantitative estimate of drug-likeness (QED) is 0.576. The molecule has 3 heterocycles. The molecule has 0 bridgehead atoms. The Bertz CT molecular complexity index is 1010. The summed E-state index contributed by atoms with van der Waals surface area (Å²) >= 11 is 0. The number of likely N-dealkylation sites (N-methyl/N-ethyl adjacent to an activating group) is 1. The Morgan fingerprint density at radius 1 is 1.35 bits per heavy atom. The molecule has 1 aromatic carbocycles. The third-order valence-corrected chi connectivity index (χ3v) is 6.33. The standard InChI is InChI=1S/C24H33N5O2/c1-4-5-8-19(13-18-14-25-21-10-7-6-9-20(18)21)27-23(30)22-15-26-24(31-22)29-12-11-28(3)17(2)16-29/h6-7,9-10,14-15,17,19,25H,4-5,8,11-13,16H2,1-3H3,(H,27,30). The number of anilines is 1. The normalized spacial score (nSPS) is 18.4. The summed E-state index contributed by atoms with van der Waals surface area (Å²) in [6.07, 6.45) is 7.47. The number of unbranched alkanes of at least 4 members (excludes halogenated alkanes) is 1. The minimum Gasteiger partial charge on any atom is -0.418 e. The molecule has 3 aromatic rings. The highest BCUT2D eigenvalue weighted by Gasteiger charge is 2.25. The second-order valence-electron chi connectivity index (χ2n) is 8.66. The van der Waals surface area contributed by atoms with Gasteiger partial charge in [0.15, 0.2) is 0 Å². The molecule has 2 atom stereocenters. The summed E-state index contributed by atoms with van der Waals surface area (Å²) in [5, 5.41) is 4.40. The Morgan fingerprint density at radius 3 is 3.00 bits per heavy atom. The van der Waals surface area contributed by atoms with Crippen molar-refractivity contribution < 1.29 is 9.21 Å². The van der Waals surface area contributed by atoms with Crippen LogP contribution in [0, 0.1) is 0 Å². The van der Waals surface area contributed by atoms with E-state index in [0.717, 1.165) is 50.8 Å². The third-order valence-electron chi connectivity index (χ3n) is 6.33. The van der Waals surface area contributed by atoms with Gasteiger partial charge in [-0.3, -0.25) is 4.79 Å². The lowest BCUT2D eigenvalue weighted by Gasteiger charge is -2.36. The molecule has 0 aliphatic carbocycles. The summed E-state index contributed by atoms with van der Waals surface area (Å²) in [4.78, 5) is 25.1. The average Bonchev–Trinajstić information content (AvgIpc) is 3.42. The molecule has 2 aromatic heterocycles. The number of nitrogens with one attached hydrogen (secondary N) is 2. The summed E-state index contributed by atoms with van der Waals surface area (Å²) in [5.41, 5.74) is 2.35. The molecular weight excluding hydrogens is 390 g/mol. The molecule has 1 saturated heterocycles. The van der Waals surface area contributed by atoms with Crippen LogP contribution in [0.2, 0.25) is 0 Å². The minimum absolute atomic E-state index is 0.0452. The maximum Gasteiger partial charge on any atom is 0.298 e. The number of amides is 1. The van der Waals surface area contributed by atoms with Gasteiger partial charge in [0.25, 0.3) is 11.9 Å². The van der Waals surface area contributed by atoms with Crippen molar-refractivity contribution in [2.24, 2.45) is 0 Å². The minimum atomic E-state index is -0.193. The Morgan fingerprint density at radius 2 is 2.19 bits per heavy atom. The number of benzene rings is 1. The molecule has 0 radical (unpaired) electrons. The molecule has 1 fully saturated rings. The van der Waals surface area contributed by atoms with Crippen molar-refractivity contribution in [3.05, 3.63) is 48.0 Å². The van der Waals surface area contributed by atoms with Gasteiger partial charge >= 0.3 is 0 Å². The van der Waals surface area contributed by atoms with Crippen molar-refractivity contribution in [2.45, 2.75) is 51.6 Å². The number of carbonyl (C=O) groups excluding carboxylic acids is 1. The van der Waals surface area contributed by atoms with Crippen molar-refractivity contribution in [1.82, 2.24) is 20.2 Å². The number of piperazine rings is 1. The Kier molecular flexibility index (Phi) is 6.61. The van der Waals surface area contributed by atoms with E-state index >= 15 is 0 Å². The molecule has 166 valence electrons. The molecule has 2 N–H and O–H groups in total. The first kappa shape index (κ1) is 21.4. The number of rotatable bonds is 8. The number of fused-ring (bicyclic) bond motifs is 1. The van der Waals surface area contributed by atoms with Gasteiger partial charge in [-0.15, -0.1) is 0 Å². The highest BCUT2D eigenvalue weighted by molar-refractivity contribution is 5.91. The number of H-pyrrole nitrogens is 1. The predicted octanol–water partition coefficient (Wildman–Crippen LogP) is 3.83. The van der Waals surface area contributed by atoms with Crippen molar-refractivity contribution in [3.63, 3.8) is 0 Å². The van der Waals surface area contributed by atoms with Crippen LogP contribution in [-0.2, 0) is 6.42 Å². The van der Waals surface area contributed by atoms with E-state index < -0.39 is 0 Å². The fraction of sp³-hybridized carbons (Fsp3) is 0.500. The molecule has 1 aliphatic heterocycles. The molecule has 2 unspecified atom stereocenters. The van der Waals surface area contributed by atoms with Gasteiger partial charge in [-0.25, -0.2) is 4.98 Å². The van der Waals surface area contributed by atoms with Crippen LogP contribution in [0.15, 0.2) is 41.1 Å². The van der Waals surface area contributed by atoms with E-state index in [4.69, 9.17) is 4.42 Å².